The zero-order valence-corrected chi connectivity index (χ0v) is 13.2. The molecule has 0 aliphatic carbocycles. The number of unbranched alkanes of at least 4 members (excludes halogenated alkanes) is 5. The molecule has 3 heteroatoms. The van der Waals surface area contributed by atoms with Gasteiger partial charge >= 0.3 is 0 Å². The third-order valence-electron chi connectivity index (χ3n) is 3.89. The van der Waals surface area contributed by atoms with Gasteiger partial charge in [-0.15, -0.1) is 0 Å². The molecule has 0 radical (unpaired) electrons. The lowest BCUT2D eigenvalue weighted by atomic mass is 9.88. The number of hydrogen-bond donors (Lipinski definition) is 3. The van der Waals surface area contributed by atoms with Gasteiger partial charge in [-0.1, -0.05) is 58.8 Å². The van der Waals surface area contributed by atoms with Gasteiger partial charge in [0.15, 0.2) is 0 Å². The molecular weight excluding hydrogens is 238 g/mol. The molecule has 0 saturated carbocycles. The molecule has 0 bridgehead atoms. The van der Waals surface area contributed by atoms with E-state index >= 15 is 0 Å². The molecule has 0 rings (SSSR count). The topological polar surface area (TPSA) is 52.5 Å². The maximum Gasteiger partial charge on any atom is 0.0895 e. The average Bonchev–Trinajstić information content (AvgIpc) is 2.42. The minimum atomic E-state index is -0.638. The van der Waals surface area contributed by atoms with Gasteiger partial charge in [-0.3, -0.25) is 0 Å². The van der Waals surface area contributed by atoms with E-state index < -0.39 is 6.10 Å². The van der Waals surface area contributed by atoms with Gasteiger partial charge in [0.2, 0.25) is 0 Å². The van der Waals surface area contributed by atoms with Gasteiger partial charge in [0.05, 0.1) is 12.7 Å². The third-order valence-corrected chi connectivity index (χ3v) is 3.89. The Morgan fingerprint density at radius 1 is 0.947 bits per heavy atom. The van der Waals surface area contributed by atoms with Crippen LogP contribution in [0.2, 0.25) is 0 Å². The number of aliphatic hydroxyl groups excluding tert-OH is 2. The summed E-state index contributed by atoms with van der Waals surface area (Å²) >= 11 is 0. The molecule has 0 heterocycles. The molecule has 0 aliphatic rings. The largest absolute Gasteiger partial charge is 0.394 e. The Labute approximate surface area is 119 Å². The summed E-state index contributed by atoms with van der Waals surface area (Å²) in [6.07, 6.45) is 10.6. The van der Waals surface area contributed by atoms with Gasteiger partial charge in [-0.25, -0.2) is 0 Å². The number of β-amino-alcohol motifs (C(OH)–C–C–N with tert-alkyl or cyclic N) is 1. The third kappa shape index (κ3) is 10.3. The van der Waals surface area contributed by atoms with Crippen LogP contribution in [-0.2, 0) is 0 Å². The van der Waals surface area contributed by atoms with Gasteiger partial charge in [-0.2, -0.15) is 0 Å². The van der Waals surface area contributed by atoms with E-state index in [2.05, 4.69) is 26.1 Å². The fourth-order valence-corrected chi connectivity index (χ4v) is 2.42. The number of hydrogen-bond acceptors (Lipinski definition) is 3. The lowest BCUT2D eigenvalue weighted by molar-refractivity contribution is 0.0844. The monoisotopic (exact) mass is 273 g/mol. The van der Waals surface area contributed by atoms with Crippen LogP contribution in [0.1, 0.15) is 78.6 Å². The van der Waals surface area contributed by atoms with Crippen molar-refractivity contribution in [3.63, 3.8) is 0 Å². The van der Waals surface area contributed by atoms with Crippen LogP contribution in [0.5, 0.6) is 0 Å². The highest BCUT2D eigenvalue weighted by atomic mass is 16.3. The molecule has 0 aromatic carbocycles. The smallest absolute Gasteiger partial charge is 0.0895 e. The Kier molecular flexibility index (Phi) is 11.6. The van der Waals surface area contributed by atoms with Gasteiger partial charge in [-0.05, 0) is 19.8 Å². The van der Waals surface area contributed by atoms with Crippen molar-refractivity contribution in [2.24, 2.45) is 0 Å². The van der Waals surface area contributed by atoms with Crippen molar-refractivity contribution in [2.45, 2.75) is 90.2 Å². The standard InChI is InChI=1S/C16H35NO2/c1-4-6-8-9-10-12-16(3,11-7-5-2)17-13-15(19)14-18/h15,17-19H,4-14H2,1-3H3. The predicted molar refractivity (Wildman–Crippen MR) is 82.4 cm³/mol. The molecule has 0 aromatic heterocycles. The minimum absolute atomic E-state index is 0.109. The lowest BCUT2D eigenvalue weighted by Gasteiger charge is -2.32. The highest BCUT2D eigenvalue weighted by Crippen LogP contribution is 2.22. The highest BCUT2D eigenvalue weighted by Gasteiger charge is 2.23. The summed E-state index contributed by atoms with van der Waals surface area (Å²) in [4.78, 5) is 0. The molecule has 116 valence electrons. The summed E-state index contributed by atoms with van der Waals surface area (Å²) in [5, 5.41) is 21.8. The summed E-state index contributed by atoms with van der Waals surface area (Å²) in [6.45, 7) is 7.04. The first kappa shape index (κ1) is 18.9. The van der Waals surface area contributed by atoms with Crippen LogP contribution in [-0.4, -0.2) is 35.0 Å². The van der Waals surface area contributed by atoms with Gasteiger partial charge in [0.25, 0.3) is 0 Å². The second-order valence-electron chi connectivity index (χ2n) is 6.05. The Bertz CT molecular complexity index is 199. The molecule has 0 spiro atoms. The second kappa shape index (κ2) is 11.7. The van der Waals surface area contributed by atoms with E-state index in [1.807, 2.05) is 0 Å². The minimum Gasteiger partial charge on any atom is -0.394 e. The van der Waals surface area contributed by atoms with Crippen molar-refractivity contribution in [2.75, 3.05) is 13.2 Å². The number of rotatable bonds is 13. The van der Waals surface area contributed by atoms with Crippen LogP contribution < -0.4 is 5.32 Å². The second-order valence-corrected chi connectivity index (χ2v) is 6.05. The van der Waals surface area contributed by atoms with Gasteiger partial charge in [0.1, 0.15) is 0 Å². The first-order valence-corrected chi connectivity index (χ1v) is 8.12. The molecule has 3 N–H and O–H groups in total. The van der Waals surface area contributed by atoms with Crippen molar-refractivity contribution >= 4 is 0 Å². The molecule has 0 amide bonds. The van der Waals surface area contributed by atoms with Crippen LogP contribution in [0, 0.1) is 0 Å². The first-order valence-electron chi connectivity index (χ1n) is 8.12. The Hall–Kier alpha value is -0.120. The van der Waals surface area contributed by atoms with E-state index in [0.29, 0.717) is 6.54 Å². The zero-order valence-electron chi connectivity index (χ0n) is 13.2. The molecule has 0 saturated heterocycles. The highest BCUT2D eigenvalue weighted by molar-refractivity contribution is 4.83. The maximum absolute atomic E-state index is 9.48. The SMILES string of the molecule is CCCCCCCC(C)(CCCC)NCC(O)CO. The van der Waals surface area contributed by atoms with Crippen LogP contribution in [0.15, 0.2) is 0 Å². The van der Waals surface area contributed by atoms with Crippen LogP contribution >= 0.6 is 0 Å². The summed E-state index contributed by atoms with van der Waals surface area (Å²) in [6, 6.07) is 0. The quantitative estimate of drug-likeness (QED) is 0.452. The molecule has 3 nitrogen and oxygen atoms in total. The van der Waals surface area contributed by atoms with Crippen LogP contribution in [0.4, 0.5) is 0 Å². The van der Waals surface area contributed by atoms with E-state index in [1.165, 1.54) is 44.9 Å². The molecule has 2 atom stereocenters. The van der Waals surface area contributed by atoms with E-state index in [0.717, 1.165) is 12.8 Å². The number of nitrogens with one attached hydrogen (secondary N) is 1. The predicted octanol–water partition coefficient (Wildman–Crippen LogP) is 3.24. The summed E-state index contributed by atoms with van der Waals surface area (Å²) in [5.41, 5.74) is 0.109. The van der Waals surface area contributed by atoms with Gasteiger partial charge in [0, 0.05) is 12.1 Å². The Morgan fingerprint density at radius 3 is 2.11 bits per heavy atom. The van der Waals surface area contributed by atoms with Crippen molar-refractivity contribution in [3.05, 3.63) is 0 Å². The van der Waals surface area contributed by atoms with E-state index in [4.69, 9.17) is 5.11 Å². The van der Waals surface area contributed by atoms with E-state index in [9.17, 15) is 5.11 Å². The molecular formula is C16H35NO2. The molecule has 2 unspecified atom stereocenters. The summed E-state index contributed by atoms with van der Waals surface area (Å²) in [5.74, 6) is 0. The molecule has 0 fully saturated rings. The molecule has 19 heavy (non-hydrogen) atoms. The van der Waals surface area contributed by atoms with Crippen LogP contribution in [0.3, 0.4) is 0 Å². The fraction of sp³-hybridized carbons (Fsp3) is 1.00. The van der Waals surface area contributed by atoms with Crippen molar-refractivity contribution < 1.29 is 10.2 Å². The number of aliphatic hydroxyl groups is 2. The normalized spacial score (nSPS) is 16.3. The molecule has 0 aliphatic heterocycles. The summed E-state index contributed by atoms with van der Waals surface area (Å²) < 4.78 is 0. The Morgan fingerprint density at radius 2 is 1.53 bits per heavy atom. The van der Waals surface area contributed by atoms with E-state index in [-0.39, 0.29) is 12.1 Å². The van der Waals surface area contributed by atoms with Crippen molar-refractivity contribution in [3.8, 4) is 0 Å². The Balaban J connectivity index is 4.02. The van der Waals surface area contributed by atoms with E-state index in [1.54, 1.807) is 0 Å². The zero-order chi connectivity index (χ0) is 14.6. The van der Waals surface area contributed by atoms with Crippen molar-refractivity contribution in [1.82, 2.24) is 5.32 Å². The van der Waals surface area contributed by atoms with Crippen molar-refractivity contribution in [1.29, 1.82) is 0 Å². The van der Waals surface area contributed by atoms with Crippen LogP contribution in [0.25, 0.3) is 0 Å². The summed E-state index contributed by atoms with van der Waals surface area (Å²) in [7, 11) is 0. The first-order chi connectivity index (χ1) is 9.08. The average molecular weight is 273 g/mol. The molecule has 0 aromatic rings. The fourth-order valence-electron chi connectivity index (χ4n) is 2.42. The lowest BCUT2D eigenvalue weighted by Crippen LogP contribution is -2.46. The maximum atomic E-state index is 9.48. The van der Waals surface area contributed by atoms with Gasteiger partial charge < -0.3 is 15.5 Å².